The lowest BCUT2D eigenvalue weighted by atomic mass is 10.2. The first-order valence-corrected chi connectivity index (χ1v) is 9.42. The summed E-state index contributed by atoms with van der Waals surface area (Å²) in [6.45, 7) is 4.31. The van der Waals surface area contributed by atoms with Crippen molar-refractivity contribution in [3.05, 3.63) is 48.0 Å². The summed E-state index contributed by atoms with van der Waals surface area (Å²) in [6, 6.07) is 11.8. The van der Waals surface area contributed by atoms with Crippen LogP contribution in [0, 0.1) is 6.92 Å². The van der Waals surface area contributed by atoms with Crippen molar-refractivity contribution in [2.75, 3.05) is 19.8 Å². The highest BCUT2D eigenvalue weighted by atomic mass is 32.2. The zero-order chi connectivity index (χ0) is 17.9. The first-order chi connectivity index (χ1) is 12.0. The summed E-state index contributed by atoms with van der Waals surface area (Å²) in [5.74, 6) is 1.60. The highest BCUT2D eigenvalue weighted by molar-refractivity contribution is 7.86. The van der Waals surface area contributed by atoms with Crippen molar-refractivity contribution in [1.29, 1.82) is 0 Å². The first-order valence-electron chi connectivity index (χ1n) is 8.01. The van der Waals surface area contributed by atoms with Gasteiger partial charge in [0.1, 0.15) is 13.2 Å². The smallest absolute Gasteiger partial charge is 0.297 e. The molecule has 7 heteroatoms. The Labute approximate surface area is 147 Å². The van der Waals surface area contributed by atoms with Crippen molar-refractivity contribution >= 4 is 10.1 Å². The molecule has 25 heavy (non-hydrogen) atoms. The van der Waals surface area contributed by atoms with Crippen molar-refractivity contribution < 1.29 is 26.8 Å². The average Bonchev–Trinajstić information content (AvgIpc) is 2.61. The molecule has 0 amide bonds. The molecule has 0 aliphatic carbocycles. The van der Waals surface area contributed by atoms with Crippen molar-refractivity contribution in [3.8, 4) is 17.2 Å². The minimum Gasteiger partial charge on any atom is -0.490 e. The number of hydrogen-bond donors (Lipinski definition) is 0. The van der Waals surface area contributed by atoms with E-state index < -0.39 is 16.2 Å². The molecule has 0 spiro atoms. The Morgan fingerprint density at radius 1 is 1.16 bits per heavy atom. The molecule has 1 aliphatic rings. The summed E-state index contributed by atoms with van der Waals surface area (Å²) in [7, 11) is -3.84. The molecule has 134 valence electrons. The number of benzene rings is 2. The van der Waals surface area contributed by atoms with Crippen molar-refractivity contribution in [3.63, 3.8) is 0 Å². The van der Waals surface area contributed by atoms with E-state index in [2.05, 4.69) is 0 Å². The third-order valence-corrected chi connectivity index (χ3v) is 4.97. The minimum atomic E-state index is -3.84. The minimum absolute atomic E-state index is 0.116. The fraction of sp³-hybridized carbons (Fsp3) is 0.333. The van der Waals surface area contributed by atoms with Crippen LogP contribution in [-0.4, -0.2) is 34.3 Å². The molecule has 0 unspecified atom stereocenters. The van der Waals surface area contributed by atoms with E-state index in [1.54, 1.807) is 24.3 Å². The van der Waals surface area contributed by atoms with Crippen molar-refractivity contribution in [1.82, 2.24) is 0 Å². The highest BCUT2D eigenvalue weighted by Crippen LogP contribution is 2.40. The Morgan fingerprint density at radius 3 is 2.64 bits per heavy atom. The van der Waals surface area contributed by atoms with E-state index in [-0.39, 0.29) is 18.1 Å². The van der Waals surface area contributed by atoms with Gasteiger partial charge in [-0.1, -0.05) is 23.8 Å². The maximum atomic E-state index is 12.3. The molecule has 1 atom stereocenters. The summed E-state index contributed by atoms with van der Waals surface area (Å²) in [5.41, 5.74) is 0.975. The molecule has 3 rings (SSSR count). The van der Waals surface area contributed by atoms with Gasteiger partial charge in [-0.05, 0) is 38.1 Å². The monoisotopic (exact) mass is 364 g/mol. The number of para-hydroxylation sites is 1. The quantitative estimate of drug-likeness (QED) is 0.734. The molecule has 0 radical (unpaired) electrons. The van der Waals surface area contributed by atoms with E-state index >= 15 is 0 Å². The fourth-order valence-corrected chi connectivity index (χ4v) is 3.34. The van der Waals surface area contributed by atoms with Gasteiger partial charge >= 0.3 is 0 Å². The Balaban J connectivity index is 1.68. The zero-order valence-corrected chi connectivity index (χ0v) is 14.9. The van der Waals surface area contributed by atoms with E-state index in [0.29, 0.717) is 23.9 Å². The topological polar surface area (TPSA) is 71.1 Å². The Kier molecular flexibility index (Phi) is 5.15. The van der Waals surface area contributed by atoms with Crippen LogP contribution in [0.2, 0.25) is 0 Å². The molecule has 1 aliphatic heterocycles. The van der Waals surface area contributed by atoms with Gasteiger partial charge in [-0.25, -0.2) is 0 Å². The summed E-state index contributed by atoms with van der Waals surface area (Å²) in [4.78, 5) is 0.116. The Morgan fingerprint density at radius 2 is 1.92 bits per heavy atom. The normalized spacial score (nSPS) is 16.5. The second-order valence-electron chi connectivity index (χ2n) is 5.62. The number of rotatable bonds is 6. The molecule has 0 fully saturated rings. The number of fused-ring (bicyclic) bond motifs is 1. The summed E-state index contributed by atoms with van der Waals surface area (Å²) in [6.07, 6.45) is -0.547. The molecule has 1 heterocycles. The molecule has 2 aromatic carbocycles. The van der Waals surface area contributed by atoms with Gasteiger partial charge in [0.25, 0.3) is 10.1 Å². The van der Waals surface area contributed by atoms with Crippen LogP contribution < -0.4 is 14.2 Å². The van der Waals surface area contributed by atoms with Gasteiger partial charge < -0.3 is 14.2 Å². The standard InChI is InChI=1S/C18H20O6S/c1-3-21-16-5-4-6-17-18(16)24-14(11-22-17)12-23-25(19,20)15-9-7-13(2)8-10-15/h4-10,14H,3,11-12H2,1-2H3/t14-/m1/s1. The molecule has 6 nitrogen and oxygen atoms in total. The molecule has 0 N–H and O–H groups in total. The molecule has 2 aromatic rings. The van der Waals surface area contributed by atoms with E-state index in [1.807, 2.05) is 19.9 Å². The Hall–Kier alpha value is -2.25. The van der Waals surface area contributed by atoms with Crippen LogP contribution >= 0.6 is 0 Å². The third-order valence-electron chi connectivity index (χ3n) is 3.67. The lowest BCUT2D eigenvalue weighted by Gasteiger charge is -2.27. The maximum Gasteiger partial charge on any atom is 0.297 e. The second kappa shape index (κ2) is 7.33. The highest BCUT2D eigenvalue weighted by Gasteiger charge is 2.27. The van der Waals surface area contributed by atoms with Crippen LogP contribution in [0.5, 0.6) is 17.2 Å². The second-order valence-corrected chi connectivity index (χ2v) is 7.23. The fourth-order valence-electron chi connectivity index (χ4n) is 2.40. The van der Waals surface area contributed by atoms with E-state index in [9.17, 15) is 8.42 Å². The third kappa shape index (κ3) is 4.05. The van der Waals surface area contributed by atoms with E-state index in [4.69, 9.17) is 18.4 Å². The molecule has 0 saturated heterocycles. The van der Waals surface area contributed by atoms with Gasteiger partial charge in [-0.2, -0.15) is 8.42 Å². The molecule has 0 saturated carbocycles. The van der Waals surface area contributed by atoms with Gasteiger partial charge in [0.15, 0.2) is 17.6 Å². The maximum absolute atomic E-state index is 12.3. The largest absolute Gasteiger partial charge is 0.490 e. The van der Waals surface area contributed by atoms with E-state index in [0.717, 1.165) is 5.56 Å². The van der Waals surface area contributed by atoms with Crippen molar-refractivity contribution in [2.45, 2.75) is 24.8 Å². The molecular formula is C18H20O6S. The van der Waals surface area contributed by atoms with Crippen molar-refractivity contribution in [2.24, 2.45) is 0 Å². The van der Waals surface area contributed by atoms with Gasteiger partial charge in [0.2, 0.25) is 5.75 Å². The van der Waals surface area contributed by atoms with Crippen LogP contribution in [0.25, 0.3) is 0 Å². The van der Waals surface area contributed by atoms with Gasteiger partial charge in [-0.3, -0.25) is 4.18 Å². The lowest BCUT2D eigenvalue weighted by molar-refractivity contribution is 0.0520. The number of hydrogen-bond acceptors (Lipinski definition) is 6. The van der Waals surface area contributed by atoms with Crippen LogP contribution in [-0.2, 0) is 14.3 Å². The predicted octanol–water partition coefficient (Wildman–Crippen LogP) is 2.94. The zero-order valence-electron chi connectivity index (χ0n) is 14.1. The van der Waals surface area contributed by atoms with Crippen LogP contribution in [0.15, 0.2) is 47.4 Å². The summed E-state index contributed by atoms with van der Waals surface area (Å²) >= 11 is 0. The first kappa shape index (κ1) is 17.6. The summed E-state index contributed by atoms with van der Waals surface area (Å²) < 4.78 is 46.6. The molecule has 0 bridgehead atoms. The van der Waals surface area contributed by atoms with Crippen LogP contribution in [0.4, 0.5) is 0 Å². The van der Waals surface area contributed by atoms with Crippen LogP contribution in [0.3, 0.4) is 0 Å². The number of ether oxygens (including phenoxy) is 3. The Bertz CT molecular complexity index is 829. The predicted molar refractivity (Wildman–Crippen MR) is 91.8 cm³/mol. The molecular weight excluding hydrogens is 344 g/mol. The van der Waals surface area contributed by atoms with Gasteiger partial charge in [-0.15, -0.1) is 0 Å². The average molecular weight is 364 g/mol. The lowest BCUT2D eigenvalue weighted by Crippen LogP contribution is -2.34. The van der Waals surface area contributed by atoms with Crippen LogP contribution in [0.1, 0.15) is 12.5 Å². The SMILES string of the molecule is CCOc1cccc2c1O[C@@H](COS(=O)(=O)c1ccc(C)cc1)CO2. The van der Waals surface area contributed by atoms with Gasteiger partial charge in [0.05, 0.1) is 11.5 Å². The molecule has 0 aromatic heterocycles. The van der Waals surface area contributed by atoms with Gasteiger partial charge in [0, 0.05) is 0 Å². The van der Waals surface area contributed by atoms with E-state index in [1.165, 1.54) is 12.1 Å². The summed E-state index contributed by atoms with van der Waals surface area (Å²) in [5, 5.41) is 0. The number of aryl methyl sites for hydroxylation is 1.